The summed E-state index contributed by atoms with van der Waals surface area (Å²) in [6, 6.07) is 0. The van der Waals surface area contributed by atoms with Crippen LogP contribution in [0.1, 0.15) is 0 Å². The Morgan fingerprint density at radius 1 is 1.00 bits per heavy atom. The first-order valence-electron chi connectivity index (χ1n) is 0. The van der Waals surface area contributed by atoms with E-state index in [1.54, 1.807) is 0 Å². The monoisotopic (exact) mass is 145 g/mol. The Kier molecular flexibility index (Phi) is 374. The standard InChI is InChI=1S/Al.Ga.N.H4Si.3H/h;;;1H4;;;/q;+3;-3;;;;. The number of nitrogens with zero attached hydrogens (tertiary/aromatic N) is 1. The molecule has 0 radical (unpaired) electrons. The van der Waals surface area contributed by atoms with E-state index < -0.39 is 0 Å². The molecule has 0 bridgehead atoms. The van der Waals surface area contributed by atoms with Crippen LogP contribution in [-0.4, -0.2) is 48.1 Å². The number of hydrogen-bond acceptors (Lipinski definition) is 0. The van der Waals surface area contributed by atoms with Gasteiger partial charge in [0.1, 0.15) is 0 Å². The summed E-state index contributed by atoms with van der Waals surface area (Å²) in [7, 11) is 0. The molecule has 0 aliphatic rings. The summed E-state index contributed by atoms with van der Waals surface area (Å²) in [4.78, 5) is 0. The molecule has 0 N–H and O–H groups in total. The largest absolute Gasteiger partial charge is 3.00 e. The number of hydrogen-bond donors (Lipinski definition) is 0. The summed E-state index contributed by atoms with van der Waals surface area (Å²) >= 11 is 0. The molecule has 0 spiro atoms. The van der Waals surface area contributed by atoms with Crippen LogP contribution in [0.2, 0.25) is 0 Å². The molecule has 1 nitrogen and oxygen atoms in total. The maximum Gasteiger partial charge on any atom is 3.00 e. The van der Waals surface area contributed by atoms with Crippen molar-refractivity contribution in [3.63, 3.8) is 0 Å². The molecule has 0 aromatic rings. The Labute approximate surface area is 54.3 Å². The van der Waals surface area contributed by atoms with Crippen molar-refractivity contribution in [2.75, 3.05) is 0 Å². The molecule has 0 aliphatic heterocycles. The van der Waals surface area contributed by atoms with E-state index in [1.807, 2.05) is 0 Å². The minimum Gasteiger partial charge on any atom is -3.00 e. The van der Waals surface area contributed by atoms with Crippen molar-refractivity contribution >= 4 is 48.1 Å². The van der Waals surface area contributed by atoms with Crippen LogP contribution in [0.4, 0.5) is 0 Å². The quantitative estimate of drug-likeness (QED) is 0.332. The van der Waals surface area contributed by atoms with E-state index in [1.165, 1.54) is 0 Å². The first-order chi connectivity index (χ1) is 0. The SMILES string of the molecule is [AlH3].[Ga+3].[N-3].[SiH4]. The van der Waals surface area contributed by atoms with Crippen LogP contribution >= 0.6 is 0 Å². The topological polar surface area (TPSA) is 30.5 Å². The molecular formula is H7AlGaNSi. The zero-order valence-electron chi connectivity index (χ0n) is 1.02. The molecule has 0 fully saturated rings. The third-order valence-corrected chi connectivity index (χ3v) is 0. The molecule has 0 saturated heterocycles. The van der Waals surface area contributed by atoms with Gasteiger partial charge in [-0.05, 0) is 11.0 Å². The van der Waals surface area contributed by atoms with Gasteiger partial charge >= 0.3 is 19.8 Å². The molecule has 0 aromatic heterocycles. The van der Waals surface area contributed by atoms with E-state index in [9.17, 15) is 0 Å². The molecule has 4 heteroatoms. The minimum absolute atomic E-state index is 0. The average Bonchev–Trinajstić information content (AvgIpc) is 0. The van der Waals surface area contributed by atoms with Gasteiger partial charge in [-0.3, -0.25) is 0 Å². The van der Waals surface area contributed by atoms with Crippen LogP contribution in [0, 0.1) is 0 Å². The van der Waals surface area contributed by atoms with Crippen LogP contribution in [0.25, 0.3) is 6.15 Å². The molecule has 0 unspecified atom stereocenters. The van der Waals surface area contributed by atoms with E-state index >= 15 is 0 Å². The molecule has 0 heterocycles. The first-order valence-corrected chi connectivity index (χ1v) is 0. The second kappa shape index (κ2) is 26.9. The summed E-state index contributed by atoms with van der Waals surface area (Å²) in [6.45, 7) is 0. The normalized spacial score (nSPS) is 0. The third-order valence-electron chi connectivity index (χ3n) is 0. The molecule has 0 aromatic carbocycles. The van der Waals surface area contributed by atoms with Crippen LogP contribution in [0.5, 0.6) is 0 Å². The predicted molar refractivity (Wildman–Crippen MR) is 30.4 cm³/mol. The summed E-state index contributed by atoms with van der Waals surface area (Å²) in [5.74, 6) is 0. The summed E-state index contributed by atoms with van der Waals surface area (Å²) in [5.41, 5.74) is 0. The van der Waals surface area contributed by atoms with Gasteiger partial charge in [0.25, 0.3) is 0 Å². The maximum absolute atomic E-state index is 0. The molecule has 0 aliphatic carbocycles. The second-order valence-corrected chi connectivity index (χ2v) is 0. The molecule has 0 atom stereocenters. The van der Waals surface area contributed by atoms with Crippen LogP contribution in [-0.2, 0) is 0 Å². The van der Waals surface area contributed by atoms with Gasteiger partial charge < -0.3 is 6.15 Å². The second-order valence-electron chi connectivity index (χ2n) is 0. The van der Waals surface area contributed by atoms with Crippen LogP contribution in [0.3, 0.4) is 0 Å². The third kappa shape index (κ3) is 10.2. The Morgan fingerprint density at radius 2 is 1.00 bits per heavy atom. The van der Waals surface area contributed by atoms with Gasteiger partial charge in [-0.2, -0.15) is 0 Å². The molecule has 0 saturated carbocycles. The van der Waals surface area contributed by atoms with Crippen LogP contribution < -0.4 is 0 Å². The van der Waals surface area contributed by atoms with Crippen molar-refractivity contribution in [1.29, 1.82) is 0 Å². The minimum atomic E-state index is 0. The smallest absolute Gasteiger partial charge is 3.00 e. The van der Waals surface area contributed by atoms with Gasteiger partial charge in [-0.15, -0.1) is 0 Å². The zero-order valence-corrected chi connectivity index (χ0v) is 3.45. The van der Waals surface area contributed by atoms with Gasteiger partial charge in [0.2, 0.25) is 0 Å². The summed E-state index contributed by atoms with van der Waals surface area (Å²) in [6.07, 6.45) is 0. The van der Waals surface area contributed by atoms with E-state index in [2.05, 4.69) is 0 Å². The fourth-order valence-corrected chi connectivity index (χ4v) is 0. The Morgan fingerprint density at radius 3 is 1.00 bits per heavy atom. The molecular weight excluding hydrogens is 139 g/mol. The number of rotatable bonds is 0. The van der Waals surface area contributed by atoms with Crippen LogP contribution in [0.15, 0.2) is 0 Å². The van der Waals surface area contributed by atoms with Gasteiger partial charge in [0.15, 0.2) is 17.4 Å². The van der Waals surface area contributed by atoms with Gasteiger partial charge in [0, 0.05) is 0 Å². The van der Waals surface area contributed by atoms with Crippen molar-refractivity contribution in [3.8, 4) is 0 Å². The fraction of sp³-hybridized carbons (Fsp3) is 0. The fourth-order valence-electron chi connectivity index (χ4n) is 0. The Balaban J connectivity index is 0. The van der Waals surface area contributed by atoms with Crippen molar-refractivity contribution in [2.24, 2.45) is 0 Å². The summed E-state index contributed by atoms with van der Waals surface area (Å²) < 4.78 is 0. The zero-order chi connectivity index (χ0) is 0. The van der Waals surface area contributed by atoms with E-state index in [0.717, 1.165) is 0 Å². The van der Waals surface area contributed by atoms with Crippen molar-refractivity contribution in [3.05, 3.63) is 6.15 Å². The van der Waals surface area contributed by atoms with Crippen molar-refractivity contribution in [2.45, 2.75) is 0 Å². The summed E-state index contributed by atoms with van der Waals surface area (Å²) in [5, 5.41) is 0. The van der Waals surface area contributed by atoms with E-state index in [-0.39, 0.29) is 54.3 Å². The van der Waals surface area contributed by atoms with Crippen molar-refractivity contribution < 1.29 is 0 Å². The van der Waals surface area contributed by atoms with Gasteiger partial charge in [0.05, 0.1) is 0 Å². The maximum atomic E-state index is 0. The first kappa shape index (κ1) is 55.7. The van der Waals surface area contributed by atoms with Crippen molar-refractivity contribution in [1.82, 2.24) is 0 Å². The predicted octanol–water partition coefficient (Wildman–Crippen LogP) is -2.73. The molecule has 22 valence electrons. The van der Waals surface area contributed by atoms with E-state index in [4.69, 9.17) is 0 Å². The average molecular weight is 146 g/mol. The molecule has 0 rings (SSSR count). The Hall–Kier alpha value is 1.35. The van der Waals surface area contributed by atoms with E-state index in [0.29, 0.717) is 0 Å². The van der Waals surface area contributed by atoms with Gasteiger partial charge in [-0.25, -0.2) is 0 Å². The molecule has 4 heavy (non-hydrogen) atoms. The van der Waals surface area contributed by atoms with Gasteiger partial charge in [-0.1, -0.05) is 0 Å². The molecule has 0 amide bonds. The Bertz CT molecular complexity index is 8.00.